The number of aliphatic hydroxyl groups is 1. The minimum Gasteiger partial charge on any atom is -0.383 e. The van der Waals surface area contributed by atoms with Crippen LogP contribution in [0.25, 0.3) is 10.9 Å². The lowest BCUT2D eigenvalue weighted by atomic mass is 9.87. The van der Waals surface area contributed by atoms with Gasteiger partial charge in [-0.05, 0) is 31.9 Å². The second-order valence-electron chi connectivity index (χ2n) is 8.84. The van der Waals surface area contributed by atoms with Crippen LogP contribution in [0.3, 0.4) is 0 Å². The number of pyridine rings is 2. The summed E-state index contributed by atoms with van der Waals surface area (Å²) in [5.74, 6) is -1.01. The molecule has 3 aromatic rings. The highest BCUT2D eigenvalue weighted by molar-refractivity contribution is 5.91. The highest BCUT2D eigenvalue weighted by Gasteiger charge is 2.36. The molecule has 35 heavy (non-hydrogen) atoms. The number of piperidine rings is 1. The number of nitrogens with zero attached hydrogens (tertiary/aromatic N) is 3. The zero-order valence-corrected chi connectivity index (χ0v) is 19.6. The van der Waals surface area contributed by atoms with Crippen molar-refractivity contribution in [2.24, 2.45) is 0 Å². The maximum atomic E-state index is 14.7. The number of rotatable bonds is 7. The Morgan fingerprint density at radius 1 is 1.20 bits per heavy atom. The van der Waals surface area contributed by atoms with E-state index in [1.165, 1.54) is 12.1 Å². The van der Waals surface area contributed by atoms with Crippen molar-refractivity contribution in [3.8, 4) is 0 Å². The van der Waals surface area contributed by atoms with E-state index in [-0.39, 0.29) is 18.0 Å². The Morgan fingerprint density at radius 3 is 2.60 bits per heavy atom. The van der Waals surface area contributed by atoms with Gasteiger partial charge < -0.3 is 15.7 Å². The first-order chi connectivity index (χ1) is 16.7. The lowest BCUT2D eigenvalue weighted by molar-refractivity contribution is -0.123. The van der Waals surface area contributed by atoms with Crippen molar-refractivity contribution in [3.05, 3.63) is 65.4 Å². The van der Waals surface area contributed by atoms with Crippen LogP contribution in [0.4, 0.5) is 18.9 Å². The summed E-state index contributed by atoms with van der Waals surface area (Å²) in [4.78, 5) is 22.4. The Balaban J connectivity index is 1.59. The Labute approximate surface area is 201 Å². The van der Waals surface area contributed by atoms with E-state index in [0.29, 0.717) is 48.2 Å². The van der Waals surface area contributed by atoms with Gasteiger partial charge >= 0.3 is 0 Å². The van der Waals surface area contributed by atoms with Crippen molar-refractivity contribution < 1.29 is 23.1 Å². The number of halogens is 3. The molecule has 186 valence electrons. The summed E-state index contributed by atoms with van der Waals surface area (Å²) in [6, 6.07) is 6.84. The van der Waals surface area contributed by atoms with E-state index in [1.807, 2.05) is 4.90 Å². The zero-order valence-electron chi connectivity index (χ0n) is 19.6. The molecule has 0 unspecified atom stereocenters. The van der Waals surface area contributed by atoms with Gasteiger partial charge in [0.1, 0.15) is 11.4 Å². The maximum Gasteiger partial charge on any atom is 0.266 e. The number of alkyl halides is 2. The average Bonchev–Trinajstić information content (AvgIpc) is 2.85. The molecule has 0 bridgehead atoms. The Hall–Kier alpha value is -3.24. The summed E-state index contributed by atoms with van der Waals surface area (Å²) in [7, 11) is 1.59. The first-order valence-electron chi connectivity index (χ1n) is 11.5. The molecule has 0 spiro atoms. The summed E-state index contributed by atoms with van der Waals surface area (Å²) in [5, 5.41) is 17.8. The van der Waals surface area contributed by atoms with Gasteiger partial charge in [-0.3, -0.25) is 19.7 Å². The van der Waals surface area contributed by atoms with E-state index in [2.05, 4.69) is 20.6 Å². The molecule has 3 N–H and O–H groups in total. The number of carbonyl (C=O) groups is 1. The lowest BCUT2D eigenvalue weighted by Gasteiger charge is -2.37. The third-order valence-corrected chi connectivity index (χ3v) is 6.57. The van der Waals surface area contributed by atoms with Gasteiger partial charge in [0.05, 0.1) is 35.6 Å². The molecule has 10 heteroatoms. The van der Waals surface area contributed by atoms with Gasteiger partial charge in [-0.15, -0.1) is 0 Å². The largest absolute Gasteiger partial charge is 0.383 e. The normalized spacial score (nSPS) is 16.9. The molecule has 1 aromatic carbocycles. The minimum atomic E-state index is -2.90. The molecule has 4 rings (SSSR count). The van der Waals surface area contributed by atoms with E-state index >= 15 is 0 Å². The molecule has 0 aliphatic carbocycles. The van der Waals surface area contributed by atoms with Crippen LogP contribution in [0, 0.1) is 5.82 Å². The number of fused-ring (bicyclic) bond motifs is 1. The molecule has 1 atom stereocenters. The molecule has 2 aromatic heterocycles. The first kappa shape index (κ1) is 24.9. The summed E-state index contributed by atoms with van der Waals surface area (Å²) in [6.07, 6.45) is 1.08. The number of amides is 1. The molecule has 0 saturated carbocycles. The van der Waals surface area contributed by atoms with Crippen molar-refractivity contribution >= 4 is 22.5 Å². The smallest absolute Gasteiger partial charge is 0.266 e. The highest BCUT2D eigenvalue weighted by atomic mass is 19.3. The minimum absolute atomic E-state index is 0.0781. The third kappa shape index (κ3) is 5.23. The number of likely N-dealkylation sites (tertiary alicyclic amines) is 1. The quantitative estimate of drug-likeness (QED) is 0.468. The Bertz CT molecular complexity index is 1210. The topological polar surface area (TPSA) is 90.4 Å². The number of nitrogens with one attached hydrogen (secondary N) is 2. The van der Waals surface area contributed by atoms with Crippen LogP contribution in [0.1, 0.15) is 49.1 Å². The van der Waals surface area contributed by atoms with Crippen LogP contribution in [-0.2, 0) is 10.4 Å². The van der Waals surface area contributed by atoms with Gasteiger partial charge in [0, 0.05) is 43.0 Å². The van der Waals surface area contributed by atoms with Crippen LogP contribution >= 0.6 is 0 Å². The SMILES string of the molecule is CNC(=O)CN1CCC(O)(c2cc3c(N[C@H](C)c4cccc(C(F)F)c4F)ccnc3cn2)CC1. The molecule has 1 amide bonds. The monoisotopic (exact) mass is 487 g/mol. The second-order valence-corrected chi connectivity index (χ2v) is 8.84. The number of likely N-dealkylation sites (N-methyl/N-ethyl adjacent to an activating group) is 1. The molecular weight excluding hydrogens is 459 g/mol. The maximum absolute atomic E-state index is 14.7. The van der Waals surface area contributed by atoms with E-state index in [9.17, 15) is 23.1 Å². The van der Waals surface area contributed by atoms with Gasteiger partial charge in [-0.1, -0.05) is 18.2 Å². The van der Waals surface area contributed by atoms with Crippen LogP contribution in [0.5, 0.6) is 0 Å². The fourth-order valence-corrected chi connectivity index (χ4v) is 4.43. The van der Waals surface area contributed by atoms with Gasteiger partial charge in [0.15, 0.2) is 0 Å². The highest BCUT2D eigenvalue weighted by Crippen LogP contribution is 2.35. The van der Waals surface area contributed by atoms with E-state index in [1.54, 1.807) is 38.5 Å². The number of benzene rings is 1. The molecular formula is C25H28F3N5O2. The molecule has 3 heterocycles. The number of aromatic nitrogens is 2. The van der Waals surface area contributed by atoms with Gasteiger partial charge in [-0.2, -0.15) is 0 Å². The Morgan fingerprint density at radius 2 is 1.91 bits per heavy atom. The van der Waals surface area contributed by atoms with Gasteiger partial charge in [0.2, 0.25) is 5.91 Å². The molecule has 1 saturated heterocycles. The van der Waals surface area contributed by atoms with Gasteiger partial charge in [0.25, 0.3) is 6.43 Å². The van der Waals surface area contributed by atoms with E-state index in [0.717, 1.165) is 6.07 Å². The summed E-state index contributed by atoms with van der Waals surface area (Å²) in [6.45, 7) is 3.05. The fourth-order valence-electron chi connectivity index (χ4n) is 4.43. The summed E-state index contributed by atoms with van der Waals surface area (Å²) < 4.78 is 41.0. The van der Waals surface area contributed by atoms with Crippen molar-refractivity contribution in [2.75, 3.05) is 32.0 Å². The lowest BCUT2D eigenvalue weighted by Crippen LogP contribution is -2.46. The van der Waals surface area contributed by atoms with Crippen molar-refractivity contribution in [3.63, 3.8) is 0 Å². The zero-order chi connectivity index (χ0) is 25.2. The molecule has 1 aliphatic rings. The number of carbonyl (C=O) groups excluding carboxylic acids is 1. The van der Waals surface area contributed by atoms with Crippen LogP contribution < -0.4 is 10.6 Å². The molecule has 1 aliphatic heterocycles. The summed E-state index contributed by atoms with van der Waals surface area (Å²) in [5.41, 5.74) is 0.0154. The van der Waals surface area contributed by atoms with Crippen molar-refractivity contribution in [1.29, 1.82) is 0 Å². The van der Waals surface area contributed by atoms with Crippen LogP contribution in [0.2, 0.25) is 0 Å². The standard InChI is InChI=1S/C25H28F3N5O2/c1-15(16-4-3-5-17(23(16)26)24(27)28)32-19-6-9-30-20-13-31-21(12-18(19)20)25(35)7-10-33(11-8-25)14-22(34)29-2/h3-6,9,12-13,15,24,35H,7-8,10-11,14H2,1-2H3,(H,29,34)(H,30,32)/t15-/m1/s1. The van der Waals surface area contributed by atoms with Crippen LogP contribution in [-0.4, -0.2) is 52.6 Å². The van der Waals surface area contributed by atoms with E-state index < -0.39 is 29.4 Å². The molecule has 7 nitrogen and oxygen atoms in total. The van der Waals surface area contributed by atoms with Crippen molar-refractivity contribution in [1.82, 2.24) is 20.2 Å². The molecule has 1 fully saturated rings. The second kappa shape index (κ2) is 10.2. The van der Waals surface area contributed by atoms with E-state index in [4.69, 9.17) is 0 Å². The summed E-state index contributed by atoms with van der Waals surface area (Å²) >= 11 is 0. The number of hydrogen-bond donors (Lipinski definition) is 3. The predicted molar refractivity (Wildman–Crippen MR) is 127 cm³/mol. The fraction of sp³-hybridized carbons (Fsp3) is 0.400. The third-order valence-electron chi connectivity index (χ3n) is 6.57. The van der Waals surface area contributed by atoms with Crippen molar-refractivity contribution in [2.45, 2.75) is 37.8 Å². The Kier molecular flexibility index (Phi) is 7.23. The average molecular weight is 488 g/mol. The molecule has 0 radical (unpaired) electrons. The number of anilines is 1. The van der Waals surface area contributed by atoms with Crippen LogP contribution in [0.15, 0.2) is 42.7 Å². The van der Waals surface area contributed by atoms with Gasteiger partial charge in [-0.25, -0.2) is 13.2 Å². The number of hydrogen-bond acceptors (Lipinski definition) is 6. The predicted octanol–water partition coefficient (Wildman–Crippen LogP) is 3.91. The first-order valence-corrected chi connectivity index (χ1v) is 11.5.